The third kappa shape index (κ3) is 3.10. The third-order valence-corrected chi connectivity index (χ3v) is 2.97. The number of benzene rings is 1. The van der Waals surface area contributed by atoms with E-state index in [1.807, 2.05) is 12.1 Å². The highest BCUT2D eigenvalue weighted by Crippen LogP contribution is 2.22. The fourth-order valence-electron chi connectivity index (χ4n) is 2.06. The van der Waals surface area contributed by atoms with E-state index in [2.05, 4.69) is 27.5 Å². The van der Waals surface area contributed by atoms with Crippen LogP contribution in [0.4, 0.5) is 11.4 Å². The lowest BCUT2D eigenvalue weighted by Crippen LogP contribution is -2.36. The Morgan fingerprint density at radius 2 is 1.76 bits per heavy atom. The normalized spacial score (nSPS) is 17.0. The number of guanidine groups is 1. The van der Waals surface area contributed by atoms with Crippen LogP contribution in [0, 0.1) is 0 Å². The molecule has 17 heavy (non-hydrogen) atoms. The number of rotatable bonds is 2. The topological polar surface area (TPSA) is 79.7 Å². The smallest absolute Gasteiger partial charge is 0.208 e. The van der Waals surface area contributed by atoms with Crippen molar-refractivity contribution in [3.8, 4) is 0 Å². The van der Waals surface area contributed by atoms with Crippen LogP contribution in [-0.4, -0.2) is 19.0 Å². The highest BCUT2D eigenvalue weighted by atomic mass is 15.3. The molecule has 1 heterocycles. The molecule has 5 N–H and O–H groups in total. The summed E-state index contributed by atoms with van der Waals surface area (Å²) < 4.78 is 0. The van der Waals surface area contributed by atoms with Crippen molar-refractivity contribution in [2.24, 2.45) is 16.6 Å². The second-order valence-corrected chi connectivity index (χ2v) is 4.21. The minimum atomic E-state index is 0.218. The van der Waals surface area contributed by atoms with Crippen LogP contribution in [-0.2, 0) is 0 Å². The molecule has 1 aromatic carbocycles. The zero-order chi connectivity index (χ0) is 12.1. The maximum atomic E-state index is 5.49. The Bertz CT molecular complexity index is 378. The van der Waals surface area contributed by atoms with Gasteiger partial charge in [0.25, 0.3) is 0 Å². The van der Waals surface area contributed by atoms with E-state index in [0.717, 1.165) is 18.8 Å². The first-order valence-electron chi connectivity index (χ1n) is 5.95. The minimum absolute atomic E-state index is 0.218. The summed E-state index contributed by atoms with van der Waals surface area (Å²) in [7, 11) is 0. The van der Waals surface area contributed by atoms with Gasteiger partial charge in [-0.2, -0.15) is 0 Å². The highest BCUT2D eigenvalue weighted by Gasteiger charge is 2.10. The number of hydrogen-bond donors (Lipinski definition) is 3. The van der Waals surface area contributed by atoms with Gasteiger partial charge in [-0.1, -0.05) is 0 Å². The lowest BCUT2D eigenvalue weighted by atomic mass is 10.1. The molecule has 0 bridgehead atoms. The summed E-state index contributed by atoms with van der Waals surface area (Å²) in [5.74, 6) is 5.37. The molecule has 0 unspecified atom stereocenters. The van der Waals surface area contributed by atoms with Gasteiger partial charge in [-0.05, 0) is 43.5 Å². The molecule has 5 heteroatoms. The van der Waals surface area contributed by atoms with Gasteiger partial charge in [-0.25, -0.2) is 10.8 Å². The van der Waals surface area contributed by atoms with E-state index in [4.69, 9.17) is 11.6 Å². The highest BCUT2D eigenvalue weighted by molar-refractivity contribution is 5.80. The van der Waals surface area contributed by atoms with Gasteiger partial charge in [0.1, 0.15) is 0 Å². The van der Waals surface area contributed by atoms with Crippen LogP contribution >= 0.6 is 0 Å². The van der Waals surface area contributed by atoms with Gasteiger partial charge in [0.2, 0.25) is 5.96 Å². The summed E-state index contributed by atoms with van der Waals surface area (Å²) in [6, 6.07) is 8.06. The van der Waals surface area contributed by atoms with Crippen molar-refractivity contribution in [1.29, 1.82) is 0 Å². The average Bonchev–Trinajstić information content (AvgIpc) is 2.40. The van der Waals surface area contributed by atoms with Crippen LogP contribution in [0.2, 0.25) is 0 Å². The molecule has 0 atom stereocenters. The van der Waals surface area contributed by atoms with Crippen LogP contribution in [0.15, 0.2) is 29.3 Å². The monoisotopic (exact) mass is 233 g/mol. The van der Waals surface area contributed by atoms with Gasteiger partial charge in [-0.3, -0.25) is 5.43 Å². The predicted octanol–water partition coefficient (Wildman–Crippen LogP) is 1.09. The van der Waals surface area contributed by atoms with Crippen LogP contribution in [0.5, 0.6) is 0 Å². The van der Waals surface area contributed by atoms with Crippen LogP contribution in [0.3, 0.4) is 0 Å². The minimum Gasteiger partial charge on any atom is -0.372 e. The van der Waals surface area contributed by atoms with Gasteiger partial charge in [0, 0.05) is 18.8 Å². The molecule has 0 radical (unpaired) electrons. The van der Waals surface area contributed by atoms with E-state index in [1.54, 1.807) is 0 Å². The van der Waals surface area contributed by atoms with E-state index < -0.39 is 0 Å². The molecule has 5 nitrogen and oxygen atoms in total. The molecule has 1 saturated heterocycles. The molecule has 1 aliphatic rings. The zero-order valence-corrected chi connectivity index (χ0v) is 9.89. The molecule has 1 aliphatic heterocycles. The number of piperidine rings is 1. The van der Waals surface area contributed by atoms with Crippen molar-refractivity contribution < 1.29 is 0 Å². The van der Waals surface area contributed by atoms with Crippen LogP contribution in [0.1, 0.15) is 19.3 Å². The maximum Gasteiger partial charge on any atom is 0.208 e. The number of aliphatic imine (C=N–C) groups is 1. The van der Waals surface area contributed by atoms with E-state index >= 15 is 0 Å². The van der Waals surface area contributed by atoms with Crippen molar-refractivity contribution in [2.45, 2.75) is 19.3 Å². The van der Waals surface area contributed by atoms with Gasteiger partial charge in [0.15, 0.2) is 0 Å². The first-order valence-corrected chi connectivity index (χ1v) is 5.95. The number of hydrogen-bond acceptors (Lipinski definition) is 3. The van der Waals surface area contributed by atoms with Crippen molar-refractivity contribution >= 4 is 17.3 Å². The Labute approximate surface area is 101 Å². The van der Waals surface area contributed by atoms with E-state index in [9.17, 15) is 0 Å². The summed E-state index contributed by atoms with van der Waals surface area (Å²) >= 11 is 0. The van der Waals surface area contributed by atoms with Crippen molar-refractivity contribution in [2.75, 3.05) is 18.0 Å². The SMILES string of the molecule is NNC(N)=Nc1ccc(N2CCCCC2)cc1. The van der Waals surface area contributed by atoms with E-state index in [1.165, 1.54) is 24.9 Å². The second-order valence-electron chi connectivity index (χ2n) is 4.21. The standard InChI is InChI=1S/C12H19N5/c13-12(16-14)15-10-4-6-11(7-5-10)17-8-2-1-3-9-17/h4-7H,1-3,8-9,14H2,(H3,13,15,16). The first kappa shape index (κ1) is 11.7. The quantitative estimate of drug-likeness (QED) is 0.309. The fourth-order valence-corrected chi connectivity index (χ4v) is 2.06. The maximum absolute atomic E-state index is 5.49. The van der Waals surface area contributed by atoms with Gasteiger partial charge in [-0.15, -0.1) is 0 Å². The predicted molar refractivity (Wildman–Crippen MR) is 71.1 cm³/mol. The Kier molecular flexibility index (Phi) is 3.82. The van der Waals surface area contributed by atoms with Crippen LogP contribution in [0.25, 0.3) is 0 Å². The molecule has 2 rings (SSSR count). The number of nitrogens with one attached hydrogen (secondary N) is 1. The van der Waals surface area contributed by atoms with Gasteiger partial charge < -0.3 is 10.6 Å². The Morgan fingerprint density at radius 3 is 2.35 bits per heavy atom. The number of anilines is 1. The molecule has 92 valence electrons. The Hall–Kier alpha value is -1.75. The van der Waals surface area contributed by atoms with E-state index in [-0.39, 0.29) is 5.96 Å². The fraction of sp³-hybridized carbons (Fsp3) is 0.417. The number of hydrazine groups is 1. The van der Waals surface area contributed by atoms with Crippen molar-refractivity contribution in [3.05, 3.63) is 24.3 Å². The second kappa shape index (κ2) is 5.54. The molecule has 0 spiro atoms. The van der Waals surface area contributed by atoms with Gasteiger partial charge >= 0.3 is 0 Å². The molecule has 0 saturated carbocycles. The largest absolute Gasteiger partial charge is 0.372 e. The van der Waals surface area contributed by atoms with Crippen molar-refractivity contribution in [1.82, 2.24) is 5.43 Å². The molecular weight excluding hydrogens is 214 g/mol. The molecular formula is C12H19N5. The average molecular weight is 233 g/mol. The van der Waals surface area contributed by atoms with Crippen LogP contribution < -0.4 is 21.9 Å². The summed E-state index contributed by atoms with van der Waals surface area (Å²) in [4.78, 5) is 6.51. The first-order chi connectivity index (χ1) is 8.29. The summed E-state index contributed by atoms with van der Waals surface area (Å²) in [6.45, 7) is 2.30. The van der Waals surface area contributed by atoms with E-state index in [0.29, 0.717) is 0 Å². The molecule has 0 amide bonds. The molecule has 1 fully saturated rings. The number of nitrogens with zero attached hydrogens (tertiary/aromatic N) is 2. The molecule has 1 aromatic rings. The Morgan fingerprint density at radius 1 is 1.12 bits per heavy atom. The number of nitrogens with two attached hydrogens (primary N) is 2. The third-order valence-electron chi connectivity index (χ3n) is 2.97. The zero-order valence-electron chi connectivity index (χ0n) is 9.89. The van der Waals surface area contributed by atoms with Gasteiger partial charge in [0.05, 0.1) is 5.69 Å². The molecule has 0 aromatic heterocycles. The summed E-state index contributed by atoms with van der Waals surface area (Å²) in [5, 5.41) is 0. The Balaban J connectivity index is 2.07. The molecule has 0 aliphatic carbocycles. The summed E-state index contributed by atoms with van der Waals surface area (Å²) in [6.07, 6.45) is 3.91. The lowest BCUT2D eigenvalue weighted by Gasteiger charge is -2.28. The lowest BCUT2D eigenvalue weighted by molar-refractivity contribution is 0.578. The van der Waals surface area contributed by atoms with Crippen molar-refractivity contribution in [3.63, 3.8) is 0 Å². The summed E-state index contributed by atoms with van der Waals surface area (Å²) in [5.41, 5.74) is 9.86.